The highest BCUT2D eigenvalue weighted by molar-refractivity contribution is 5.70. The zero-order chi connectivity index (χ0) is 11.1. The number of H-pyrrole nitrogens is 1. The molecule has 3 heterocycles. The Morgan fingerprint density at radius 3 is 3.12 bits per heavy atom. The number of aromatic nitrogens is 5. The average molecular weight is 217 g/mol. The Morgan fingerprint density at radius 1 is 1.50 bits per heavy atom. The number of nitrogens with zero attached hydrogens (tertiary/aromatic N) is 4. The maximum absolute atomic E-state index is 11.3. The fraction of sp³-hybridized carbons (Fsp3) is 0.111. The maximum atomic E-state index is 11.3. The van der Waals surface area contributed by atoms with Gasteiger partial charge in [0.05, 0.1) is 5.56 Å². The molecule has 0 saturated carbocycles. The number of aryl methyl sites for hydroxylation is 1. The van der Waals surface area contributed by atoms with Gasteiger partial charge in [0.2, 0.25) is 0 Å². The molecule has 0 aliphatic rings. The molecule has 16 heavy (non-hydrogen) atoms. The Kier molecular flexibility index (Phi) is 1.67. The fourth-order valence-corrected chi connectivity index (χ4v) is 1.51. The summed E-state index contributed by atoms with van der Waals surface area (Å²) >= 11 is 0. The SMILES string of the molecule is Cc1noc(-c2cccn3c(=O)[nH]nc23)n1. The normalized spacial score (nSPS) is 11.1. The quantitative estimate of drug-likeness (QED) is 0.636. The zero-order valence-electron chi connectivity index (χ0n) is 8.34. The first-order valence-corrected chi connectivity index (χ1v) is 4.62. The second kappa shape index (κ2) is 3.02. The number of hydrogen-bond acceptors (Lipinski definition) is 5. The first-order valence-electron chi connectivity index (χ1n) is 4.62. The van der Waals surface area contributed by atoms with Gasteiger partial charge in [0.1, 0.15) is 0 Å². The summed E-state index contributed by atoms with van der Waals surface area (Å²) in [6, 6.07) is 3.49. The van der Waals surface area contributed by atoms with Gasteiger partial charge >= 0.3 is 5.69 Å². The van der Waals surface area contributed by atoms with Crippen molar-refractivity contribution in [3.8, 4) is 11.5 Å². The molecule has 0 aromatic carbocycles. The minimum Gasteiger partial charge on any atom is -0.334 e. The summed E-state index contributed by atoms with van der Waals surface area (Å²) in [7, 11) is 0. The molecule has 0 atom stereocenters. The molecule has 0 aliphatic heterocycles. The molecule has 3 rings (SSSR count). The first kappa shape index (κ1) is 8.84. The summed E-state index contributed by atoms with van der Waals surface area (Å²) in [5, 5.41) is 9.96. The van der Waals surface area contributed by atoms with Crippen molar-refractivity contribution in [2.45, 2.75) is 6.92 Å². The average Bonchev–Trinajstić information content (AvgIpc) is 2.86. The van der Waals surface area contributed by atoms with E-state index in [-0.39, 0.29) is 5.69 Å². The third kappa shape index (κ3) is 1.14. The highest BCUT2D eigenvalue weighted by Crippen LogP contribution is 2.19. The van der Waals surface area contributed by atoms with E-state index in [2.05, 4.69) is 20.3 Å². The lowest BCUT2D eigenvalue weighted by Gasteiger charge is -1.95. The highest BCUT2D eigenvalue weighted by Gasteiger charge is 2.12. The lowest BCUT2D eigenvalue weighted by molar-refractivity contribution is 0.426. The van der Waals surface area contributed by atoms with Crippen LogP contribution in [0.15, 0.2) is 27.6 Å². The highest BCUT2D eigenvalue weighted by atomic mass is 16.5. The van der Waals surface area contributed by atoms with Crippen molar-refractivity contribution in [3.05, 3.63) is 34.6 Å². The van der Waals surface area contributed by atoms with E-state index in [0.29, 0.717) is 22.9 Å². The summed E-state index contributed by atoms with van der Waals surface area (Å²) in [6.45, 7) is 1.73. The topological polar surface area (TPSA) is 89.1 Å². The van der Waals surface area contributed by atoms with E-state index in [0.717, 1.165) is 0 Å². The maximum Gasteiger partial charge on any atom is 0.347 e. The van der Waals surface area contributed by atoms with Crippen molar-refractivity contribution in [1.82, 2.24) is 24.7 Å². The van der Waals surface area contributed by atoms with Crippen LogP contribution in [-0.4, -0.2) is 24.7 Å². The van der Waals surface area contributed by atoms with Gasteiger partial charge in [-0.05, 0) is 19.1 Å². The van der Waals surface area contributed by atoms with E-state index < -0.39 is 0 Å². The van der Waals surface area contributed by atoms with Crippen LogP contribution < -0.4 is 5.69 Å². The molecule has 0 aliphatic carbocycles. The van der Waals surface area contributed by atoms with Gasteiger partial charge < -0.3 is 4.52 Å². The summed E-state index contributed by atoms with van der Waals surface area (Å²) < 4.78 is 6.42. The second-order valence-electron chi connectivity index (χ2n) is 3.29. The van der Waals surface area contributed by atoms with E-state index >= 15 is 0 Å². The third-order valence-electron chi connectivity index (χ3n) is 2.20. The molecule has 0 fully saturated rings. The number of fused-ring (bicyclic) bond motifs is 1. The summed E-state index contributed by atoms with van der Waals surface area (Å²) in [5.74, 6) is 0.886. The Balaban J connectivity index is 2.35. The van der Waals surface area contributed by atoms with Crippen molar-refractivity contribution < 1.29 is 4.52 Å². The smallest absolute Gasteiger partial charge is 0.334 e. The minimum atomic E-state index is -0.298. The molecule has 7 heteroatoms. The van der Waals surface area contributed by atoms with Crippen molar-refractivity contribution in [2.24, 2.45) is 0 Å². The molecule has 0 spiro atoms. The van der Waals surface area contributed by atoms with Crippen molar-refractivity contribution >= 4 is 5.65 Å². The summed E-state index contributed by atoms with van der Waals surface area (Å²) in [5.41, 5.74) is 0.797. The van der Waals surface area contributed by atoms with E-state index in [1.54, 1.807) is 25.3 Å². The van der Waals surface area contributed by atoms with E-state index in [1.807, 2.05) is 0 Å². The predicted octanol–water partition coefficient (Wildman–Crippen LogP) is 0.381. The van der Waals surface area contributed by atoms with Crippen LogP contribution in [0.5, 0.6) is 0 Å². The van der Waals surface area contributed by atoms with E-state index in [4.69, 9.17) is 4.52 Å². The summed E-state index contributed by atoms with van der Waals surface area (Å²) in [4.78, 5) is 15.4. The Labute approximate surface area is 88.7 Å². The number of rotatable bonds is 1. The molecule has 3 aromatic rings. The predicted molar refractivity (Wildman–Crippen MR) is 53.8 cm³/mol. The summed E-state index contributed by atoms with van der Waals surface area (Å²) in [6.07, 6.45) is 1.62. The number of pyridine rings is 1. The molecule has 0 radical (unpaired) electrons. The molecule has 0 saturated heterocycles. The molecular formula is C9H7N5O2. The van der Waals surface area contributed by atoms with Crippen LogP contribution in [0.1, 0.15) is 5.82 Å². The van der Waals surface area contributed by atoms with Crippen LogP contribution in [-0.2, 0) is 0 Å². The first-order chi connectivity index (χ1) is 7.75. The Morgan fingerprint density at radius 2 is 2.38 bits per heavy atom. The van der Waals surface area contributed by atoms with Crippen molar-refractivity contribution in [3.63, 3.8) is 0 Å². The second-order valence-corrected chi connectivity index (χ2v) is 3.29. The molecule has 0 unspecified atom stereocenters. The van der Waals surface area contributed by atoms with E-state index in [9.17, 15) is 4.79 Å². The molecule has 80 valence electrons. The van der Waals surface area contributed by atoms with Crippen LogP contribution in [0.25, 0.3) is 17.1 Å². The minimum absolute atomic E-state index is 0.298. The number of hydrogen-bond donors (Lipinski definition) is 1. The van der Waals surface area contributed by atoms with Crippen LogP contribution in [0, 0.1) is 6.92 Å². The number of aromatic amines is 1. The molecule has 3 aromatic heterocycles. The Hall–Kier alpha value is -2.44. The lowest BCUT2D eigenvalue weighted by Crippen LogP contribution is -2.08. The van der Waals surface area contributed by atoms with Gasteiger partial charge in [0.15, 0.2) is 11.5 Å². The molecule has 1 N–H and O–H groups in total. The number of nitrogens with one attached hydrogen (secondary N) is 1. The van der Waals surface area contributed by atoms with Gasteiger partial charge in [-0.2, -0.15) is 10.1 Å². The molecule has 7 nitrogen and oxygen atoms in total. The zero-order valence-corrected chi connectivity index (χ0v) is 8.34. The monoisotopic (exact) mass is 217 g/mol. The van der Waals surface area contributed by atoms with Gasteiger partial charge in [-0.15, -0.1) is 0 Å². The van der Waals surface area contributed by atoms with Gasteiger partial charge in [-0.1, -0.05) is 5.16 Å². The fourth-order valence-electron chi connectivity index (χ4n) is 1.51. The van der Waals surface area contributed by atoms with Crippen molar-refractivity contribution in [1.29, 1.82) is 0 Å². The van der Waals surface area contributed by atoms with Crippen LogP contribution in [0.3, 0.4) is 0 Å². The van der Waals surface area contributed by atoms with Crippen LogP contribution in [0.2, 0.25) is 0 Å². The van der Waals surface area contributed by atoms with Crippen LogP contribution in [0.4, 0.5) is 0 Å². The molecule has 0 bridgehead atoms. The van der Waals surface area contributed by atoms with Gasteiger partial charge in [0.25, 0.3) is 5.89 Å². The largest absolute Gasteiger partial charge is 0.347 e. The lowest BCUT2D eigenvalue weighted by atomic mass is 10.2. The standard InChI is InChI=1S/C9H7N5O2/c1-5-10-8(16-13-5)6-3-2-4-14-7(6)11-12-9(14)15/h2-4H,1H3,(H,12,15). The molecular weight excluding hydrogens is 210 g/mol. The van der Waals surface area contributed by atoms with Gasteiger partial charge in [-0.3, -0.25) is 0 Å². The van der Waals surface area contributed by atoms with Crippen LogP contribution >= 0.6 is 0 Å². The van der Waals surface area contributed by atoms with Crippen molar-refractivity contribution in [2.75, 3.05) is 0 Å². The van der Waals surface area contributed by atoms with Gasteiger partial charge in [0, 0.05) is 6.20 Å². The Bertz CT molecular complexity index is 708. The van der Waals surface area contributed by atoms with Gasteiger partial charge in [-0.25, -0.2) is 14.3 Å². The third-order valence-corrected chi connectivity index (χ3v) is 2.20. The molecule has 0 amide bonds. The van der Waals surface area contributed by atoms with E-state index in [1.165, 1.54) is 4.40 Å².